The van der Waals surface area contributed by atoms with E-state index in [1.165, 1.54) is 5.56 Å². The van der Waals surface area contributed by atoms with Gasteiger partial charge in [0.1, 0.15) is 6.04 Å². The molecule has 1 unspecified atom stereocenters. The number of tetrazole rings is 1. The molecule has 2 aromatic carbocycles. The number of hydrogen-bond acceptors (Lipinski definition) is 5. The van der Waals surface area contributed by atoms with E-state index in [1.54, 1.807) is 4.68 Å². The first-order chi connectivity index (χ1) is 14.0. The molecule has 7 nitrogen and oxygen atoms in total. The van der Waals surface area contributed by atoms with Gasteiger partial charge in [0.25, 0.3) is 5.91 Å². The molecule has 0 fully saturated rings. The normalized spacial score (nSPS) is 15.8. The van der Waals surface area contributed by atoms with Crippen LogP contribution >= 0.6 is 0 Å². The topological polar surface area (TPSA) is 84.7 Å². The third-order valence-corrected chi connectivity index (χ3v) is 5.27. The van der Waals surface area contributed by atoms with Gasteiger partial charge in [0.2, 0.25) is 5.95 Å². The number of nitrogens with one attached hydrogen (secondary N) is 2. The maximum Gasteiger partial charge on any atom is 0.255 e. The molecule has 0 spiro atoms. The fourth-order valence-corrected chi connectivity index (χ4v) is 3.58. The van der Waals surface area contributed by atoms with Crippen molar-refractivity contribution in [1.29, 1.82) is 0 Å². The van der Waals surface area contributed by atoms with E-state index in [2.05, 4.69) is 52.1 Å². The van der Waals surface area contributed by atoms with E-state index in [9.17, 15) is 4.79 Å². The second-order valence-electron chi connectivity index (χ2n) is 7.60. The second kappa shape index (κ2) is 7.50. The summed E-state index contributed by atoms with van der Waals surface area (Å²) in [6, 6.07) is 15.6. The fourth-order valence-electron chi connectivity index (χ4n) is 3.58. The SMILES string of the molecule is CC1=C(C(=O)Nc2ccccc2C)C(c2ccc(C(C)C)cc2)n2nnnc2N1. The molecule has 0 saturated carbocycles. The molecule has 2 N–H and O–H groups in total. The van der Waals surface area contributed by atoms with Crippen LogP contribution in [0.3, 0.4) is 0 Å². The Bertz CT molecular complexity index is 1080. The Balaban J connectivity index is 1.75. The minimum absolute atomic E-state index is 0.177. The summed E-state index contributed by atoms with van der Waals surface area (Å²) in [4.78, 5) is 13.3. The minimum Gasteiger partial charge on any atom is -0.326 e. The third kappa shape index (κ3) is 3.51. The largest absolute Gasteiger partial charge is 0.326 e. The predicted molar refractivity (Wildman–Crippen MR) is 113 cm³/mol. The summed E-state index contributed by atoms with van der Waals surface area (Å²) in [5.41, 5.74) is 5.31. The van der Waals surface area contributed by atoms with Crippen LogP contribution in [0.4, 0.5) is 11.6 Å². The number of rotatable bonds is 4. The molecule has 1 aliphatic rings. The molecule has 1 aliphatic heterocycles. The van der Waals surface area contributed by atoms with E-state index in [4.69, 9.17) is 0 Å². The lowest BCUT2D eigenvalue weighted by molar-refractivity contribution is -0.113. The molecule has 3 aromatic rings. The molecular formula is C22H24N6O. The zero-order valence-corrected chi connectivity index (χ0v) is 17.0. The molecule has 148 valence electrons. The quantitative estimate of drug-likeness (QED) is 0.705. The fraction of sp³-hybridized carbons (Fsp3) is 0.273. The van der Waals surface area contributed by atoms with Crippen molar-refractivity contribution in [3.05, 3.63) is 76.5 Å². The van der Waals surface area contributed by atoms with Crippen molar-refractivity contribution < 1.29 is 4.79 Å². The first-order valence-electron chi connectivity index (χ1n) is 9.68. The molecule has 4 rings (SSSR count). The van der Waals surface area contributed by atoms with Gasteiger partial charge in [0.15, 0.2) is 0 Å². The summed E-state index contributed by atoms with van der Waals surface area (Å²) in [6.45, 7) is 8.16. The van der Waals surface area contributed by atoms with Crippen LogP contribution in [0.2, 0.25) is 0 Å². The Morgan fingerprint density at radius 1 is 1.10 bits per heavy atom. The smallest absolute Gasteiger partial charge is 0.255 e. The summed E-state index contributed by atoms with van der Waals surface area (Å²) in [7, 11) is 0. The molecule has 0 aliphatic carbocycles. The summed E-state index contributed by atoms with van der Waals surface area (Å²) in [5.74, 6) is 0.776. The van der Waals surface area contributed by atoms with Gasteiger partial charge in [-0.25, -0.2) is 0 Å². The van der Waals surface area contributed by atoms with Crippen molar-refractivity contribution >= 4 is 17.5 Å². The molecule has 0 bridgehead atoms. The van der Waals surface area contributed by atoms with Crippen molar-refractivity contribution in [2.24, 2.45) is 0 Å². The Kier molecular flexibility index (Phi) is 4.88. The monoisotopic (exact) mass is 388 g/mol. The lowest BCUT2D eigenvalue weighted by Crippen LogP contribution is -2.31. The van der Waals surface area contributed by atoms with Gasteiger partial charge in [-0.1, -0.05) is 61.4 Å². The first kappa shape index (κ1) is 18.9. The van der Waals surface area contributed by atoms with Crippen LogP contribution in [0.25, 0.3) is 0 Å². The number of nitrogens with zero attached hydrogens (tertiary/aromatic N) is 4. The van der Waals surface area contributed by atoms with E-state index in [0.717, 1.165) is 22.5 Å². The average molecular weight is 388 g/mol. The van der Waals surface area contributed by atoms with E-state index in [1.807, 2.05) is 50.2 Å². The van der Waals surface area contributed by atoms with Gasteiger partial charge in [-0.15, -0.1) is 0 Å². The van der Waals surface area contributed by atoms with Crippen LogP contribution in [-0.4, -0.2) is 26.1 Å². The van der Waals surface area contributed by atoms with E-state index < -0.39 is 6.04 Å². The van der Waals surface area contributed by atoms with Gasteiger partial charge in [-0.3, -0.25) is 4.79 Å². The number of fused-ring (bicyclic) bond motifs is 1. The standard InChI is InChI=1S/C22H24N6O/c1-13(2)16-9-11-17(12-10-16)20-19(15(4)23-22-25-26-27-28(20)22)21(29)24-18-8-6-5-7-14(18)3/h5-13,20H,1-4H3,(H,24,29)(H,23,25,27). The molecular weight excluding hydrogens is 364 g/mol. The van der Waals surface area contributed by atoms with Crippen molar-refractivity contribution in [1.82, 2.24) is 20.2 Å². The van der Waals surface area contributed by atoms with Gasteiger partial charge in [0, 0.05) is 11.4 Å². The Morgan fingerprint density at radius 2 is 1.83 bits per heavy atom. The summed E-state index contributed by atoms with van der Waals surface area (Å²) in [6.07, 6.45) is 0. The summed E-state index contributed by atoms with van der Waals surface area (Å²) >= 11 is 0. The molecule has 1 amide bonds. The molecule has 29 heavy (non-hydrogen) atoms. The van der Waals surface area contributed by atoms with Crippen LogP contribution in [0, 0.1) is 6.92 Å². The molecule has 1 atom stereocenters. The molecule has 0 saturated heterocycles. The predicted octanol–water partition coefficient (Wildman–Crippen LogP) is 4.03. The van der Waals surface area contributed by atoms with Crippen LogP contribution in [0.15, 0.2) is 59.8 Å². The molecule has 1 aromatic heterocycles. The molecule has 7 heteroatoms. The number of amides is 1. The Labute approximate surface area is 169 Å². The number of aromatic nitrogens is 4. The van der Waals surface area contributed by atoms with Crippen molar-refractivity contribution in [3.8, 4) is 0 Å². The van der Waals surface area contributed by atoms with Crippen molar-refractivity contribution in [3.63, 3.8) is 0 Å². The van der Waals surface area contributed by atoms with Gasteiger partial charge < -0.3 is 10.6 Å². The van der Waals surface area contributed by atoms with E-state index in [-0.39, 0.29) is 5.91 Å². The van der Waals surface area contributed by atoms with E-state index in [0.29, 0.717) is 17.4 Å². The number of aryl methyl sites for hydroxylation is 1. The molecule has 0 radical (unpaired) electrons. The first-order valence-corrected chi connectivity index (χ1v) is 9.68. The van der Waals surface area contributed by atoms with Gasteiger partial charge in [-0.2, -0.15) is 4.68 Å². The number of para-hydroxylation sites is 1. The van der Waals surface area contributed by atoms with Crippen LogP contribution < -0.4 is 10.6 Å². The Morgan fingerprint density at radius 3 is 2.52 bits per heavy atom. The maximum absolute atomic E-state index is 13.3. The Hall–Kier alpha value is -3.48. The average Bonchev–Trinajstić information content (AvgIpc) is 3.16. The van der Waals surface area contributed by atoms with Gasteiger partial charge >= 0.3 is 0 Å². The second-order valence-corrected chi connectivity index (χ2v) is 7.60. The molecule has 2 heterocycles. The third-order valence-electron chi connectivity index (χ3n) is 5.27. The zero-order chi connectivity index (χ0) is 20.5. The maximum atomic E-state index is 13.3. The highest BCUT2D eigenvalue weighted by Crippen LogP contribution is 2.35. The highest BCUT2D eigenvalue weighted by atomic mass is 16.1. The highest BCUT2D eigenvalue weighted by Gasteiger charge is 2.34. The lowest BCUT2D eigenvalue weighted by Gasteiger charge is -2.28. The minimum atomic E-state index is -0.411. The lowest BCUT2D eigenvalue weighted by atomic mass is 9.92. The zero-order valence-electron chi connectivity index (χ0n) is 17.0. The number of anilines is 2. The van der Waals surface area contributed by atoms with Gasteiger partial charge in [0.05, 0.1) is 5.57 Å². The van der Waals surface area contributed by atoms with Gasteiger partial charge in [-0.05, 0) is 52.9 Å². The van der Waals surface area contributed by atoms with Crippen molar-refractivity contribution in [2.75, 3.05) is 10.6 Å². The van der Waals surface area contributed by atoms with Crippen LogP contribution in [0.5, 0.6) is 0 Å². The highest BCUT2D eigenvalue weighted by molar-refractivity contribution is 6.06. The summed E-state index contributed by atoms with van der Waals surface area (Å²) in [5, 5.41) is 18.2. The van der Waals surface area contributed by atoms with Crippen LogP contribution in [-0.2, 0) is 4.79 Å². The number of hydrogen-bond donors (Lipinski definition) is 2. The number of carbonyl (C=O) groups is 1. The number of benzene rings is 2. The number of allylic oxidation sites excluding steroid dienone is 1. The van der Waals surface area contributed by atoms with Crippen molar-refractivity contribution in [2.45, 2.75) is 39.7 Å². The summed E-state index contributed by atoms with van der Waals surface area (Å²) < 4.78 is 1.66. The number of carbonyl (C=O) groups excluding carboxylic acids is 1. The van der Waals surface area contributed by atoms with Crippen LogP contribution in [0.1, 0.15) is 49.4 Å². The van der Waals surface area contributed by atoms with E-state index >= 15 is 0 Å².